The van der Waals surface area contributed by atoms with Crippen LogP contribution < -0.4 is 16.0 Å². The fraction of sp³-hybridized carbons (Fsp3) is 0. The molecule has 8 heteroatoms. The van der Waals surface area contributed by atoms with E-state index in [0.29, 0.717) is 10.6 Å². The standard InChI is InChI=1S/C7H8FN3O3S/c8-11-15(13,14)6-3-1-5(2-4-6)10-7(9)12/h1-4,11H,(H3,9,10,12). The van der Waals surface area contributed by atoms with Crippen molar-refractivity contribution in [3.05, 3.63) is 24.3 Å². The maximum Gasteiger partial charge on any atom is 0.316 e. The van der Waals surface area contributed by atoms with Gasteiger partial charge in [0.25, 0.3) is 10.0 Å². The summed E-state index contributed by atoms with van der Waals surface area (Å²) in [5.41, 5.74) is 5.15. The zero-order valence-corrected chi connectivity index (χ0v) is 8.21. The fourth-order valence-electron chi connectivity index (χ4n) is 0.904. The van der Waals surface area contributed by atoms with Gasteiger partial charge in [-0.1, -0.05) is 0 Å². The molecule has 6 nitrogen and oxygen atoms in total. The van der Waals surface area contributed by atoms with Crippen molar-refractivity contribution < 1.29 is 17.7 Å². The Balaban J connectivity index is 2.95. The van der Waals surface area contributed by atoms with Crippen molar-refractivity contribution in [2.45, 2.75) is 4.90 Å². The predicted octanol–water partition coefficient (Wildman–Crippen LogP) is 0.340. The first-order valence-electron chi connectivity index (χ1n) is 3.74. The summed E-state index contributed by atoms with van der Waals surface area (Å²) in [4.78, 5) is 10.9. The van der Waals surface area contributed by atoms with Crippen LogP contribution in [-0.2, 0) is 10.0 Å². The second kappa shape index (κ2) is 4.24. The summed E-state index contributed by atoms with van der Waals surface area (Å²) < 4.78 is 33.7. The van der Waals surface area contributed by atoms with Crippen molar-refractivity contribution in [3.8, 4) is 0 Å². The second-order valence-electron chi connectivity index (χ2n) is 2.59. The van der Waals surface area contributed by atoms with Crippen LogP contribution in [0, 0.1) is 0 Å². The highest BCUT2D eigenvalue weighted by molar-refractivity contribution is 7.89. The topological polar surface area (TPSA) is 101 Å². The molecule has 0 aliphatic heterocycles. The molecule has 0 saturated carbocycles. The van der Waals surface area contributed by atoms with Gasteiger partial charge in [-0.25, -0.2) is 13.2 Å². The van der Waals surface area contributed by atoms with E-state index in [1.165, 1.54) is 12.1 Å². The SMILES string of the molecule is NC(=O)Nc1ccc(S(=O)(=O)NF)cc1. The Hall–Kier alpha value is -1.67. The molecule has 0 bridgehead atoms. The summed E-state index contributed by atoms with van der Waals surface area (Å²) in [5.74, 6) is 0. The number of anilines is 1. The van der Waals surface area contributed by atoms with E-state index in [2.05, 4.69) is 5.32 Å². The number of carbonyl (C=O) groups is 1. The average molecular weight is 233 g/mol. The molecular formula is C7H8FN3O3S. The van der Waals surface area contributed by atoms with Crippen LogP contribution >= 0.6 is 0 Å². The maximum atomic E-state index is 11.8. The van der Waals surface area contributed by atoms with Crippen molar-refractivity contribution in [2.24, 2.45) is 5.73 Å². The molecule has 82 valence electrons. The lowest BCUT2D eigenvalue weighted by Gasteiger charge is -2.03. The zero-order chi connectivity index (χ0) is 11.5. The van der Waals surface area contributed by atoms with Crippen LogP contribution in [-0.4, -0.2) is 14.4 Å². The number of hydrogen-bond donors (Lipinski definition) is 3. The van der Waals surface area contributed by atoms with Gasteiger partial charge in [0.1, 0.15) is 0 Å². The summed E-state index contributed by atoms with van der Waals surface area (Å²) in [6.07, 6.45) is 0. The summed E-state index contributed by atoms with van der Waals surface area (Å²) in [6, 6.07) is 4.07. The number of primary amides is 1. The third-order valence-corrected chi connectivity index (χ3v) is 2.63. The normalized spacial score (nSPS) is 11.0. The van der Waals surface area contributed by atoms with Gasteiger partial charge in [-0.15, -0.1) is 4.48 Å². The average Bonchev–Trinajstić information content (AvgIpc) is 2.18. The predicted molar refractivity (Wildman–Crippen MR) is 51.1 cm³/mol. The van der Waals surface area contributed by atoms with E-state index < -0.39 is 16.1 Å². The van der Waals surface area contributed by atoms with E-state index in [4.69, 9.17) is 5.73 Å². The smallest absolute Gasteiger partial charge is 0.316 e. The van der Waals surface area contributed by atoms with E-state index in [9.17, 15) is 17.7 Å². The van der Waals surface area contributed by atoms with Gasteiger partial charge in [0.05, 0.1) is 4.90 Å². The highest BCUT2D eigenvalue weighted by Crippen LogP contribution is 2.13. The molecule has 0 spiro atoms. The molecule has 1 aromatic carbocycles. The number of benzene rings is 1. The first-order valence-corrected chi connectivity index (χ1v) is 5.23. The van der Waals surface area contributed by atoms with Crippen LogP contribution in [0.4, 0.5) is 15.0 Å². The first-order chi connectivity index (χ1) is 6.95. The largest absolute Gasteiger partial charge is 0.351 e. The summed E-state index contributed by atoms with van der Waals surface area (Å²) >= 11 is 0. The minimum atomic E-state index is -4.10. The van der Waals surface area contributed by atoms with Gasteiger partial charge in [-0.3, -0.25) is 0 Å². The van der Waals surface area contributed by atoms with Crippen LogP contribution in [0.1, 0.15) is 0 Å². The van der Waals surface area contributed by atoms with E-state index in [1.807, 2.05) is 0 Å². The molecular weight excluding hydrogens is 225 g/mol. The van der Waals surface area contributed by atoms with Crippen LogP contribution in [0.25, 0.3) is 0 Å². The quantitative estimate of drug-likeness (QED) is 0.656. The number of halogens is 1. The van der Waals surface area contributed by atoms with Crippen molar-refractivity contribution >= 4 is 21.7 Å². The summed E-state index contributed by atoms with van der Waals surface area (Å²) in [6.45, 7) is 0. The highest BCUT2D eigenvalue weighted by Gasteiger charge is 2.12. The number of rotatable bonds is 3. The lowest BCUT2D eigenvalue weighted by atomic mass is 10.3. The number of carbonyl (C=O) groups excluding carboxylic acids is 1. The van der Waals surface area contributed by atoms with E-state index in [1.54, 1.807) is 0 Å². The molecule has 4 N–H and O–H groups in total. The lowest BCUT2D eigenvalue weighted by molar-refractivity contribution is 0.259. The summed E-state index contributed by atoms with van der Waals surface area (Å²) in [5, 5.41) is 2.23. The maximum absolute atomic E-state index is 11.8. The van der Waals surface area contributed by atoms with Gasteiger partial charge >= 0.3 is 6.03 Å². The number of sulfonamides is 1. The number of nitrogens with two attached hydrogens (primary N) is 1. The van der Waals surface area contributed by atoms with Crippen molar-refractivity contribution in [3.63, 3.8) is 0 Å². The number of urea groups is 1. The number of amides is 2. The molecule has 15 heavy (non-hydrogen) atoms. The Morgan fingerprint density at radius 3 is 2.20 bits per heavy atom. The molecule has 0 fully saturated rings. The number of hydrogen-bond acceptors (Lipinski definition) is 3. The Labute approximate surface area is 85.3 Å². The van der Waals surface area contributed by atoms with Crippen LogP contribution in [0.2, 0.25) is 0 Å². The Morgan fingerprint density at radius 2 is 1.80 bits per heavy atom. The molecule has 0 radical (unpaired) electrons. The van der Waals surface area contributed by atoms with Gasteiger partial charge in [0.15, 0.2) is 0 Å². The third kappa shape index (κ3) is 2.89. The molecule has 0 heterocycles. The van der Waals surface area contributed by atoms with Gasteiger partial charge < -0.3 is 11.1 Å². The monoisotopic (exact) mass is 233 g/mol. The third-order valence-electron chi connectivity index (χ3n) is 1.53. The molecule has 1 rings (SSSR count). The second-order valence-corrected chi connectivity index (χ2v) is 4.23. The molecule has 0 atom stereocenters. The van der Waals surface area contributed by atoms with Gasteiger partial charge in [0.2, 0.25) is 0 Å². The van der Waals surface area contributed by atoms with Crippen LogP contribution in [0.3, 0.4) is 0 Å². The summed E-state index contributed by atoms with van der Waals surface area (Å²) in [7, 11) is -4.10. The minimum absolute atomic E-state index is 0.250. The van der Waals surface area contributed by atoms with Crippen molar-refractivity contribution in [2.75, 3.05) is 5.32 Å². The Bertz CT molecular complexity index is 457. The lowest BCUT2D eigenvalue weighted by Crippen LogP contribution is -2.19. The van der Waals surface area contributed by atoms with Crippen LogP contribution in [0.15, 0.2) is 29.2 Å². The van der Waals surface area contributed by atoms with Crippen LogP contribution in [0.5, 0.6) is 0 Å². The molecule has 0 aromatic heterocycles. The fourth-order valence-corrected chi connectivity index (χ4v) is 1.49. The first kappa shape index (κ1) is 11.4. The Morgan fingerprint density at radius 1 is 1.27 bits per heavy atom. The zero-order valence-electron chi connectivity index (χ0n) is 7.40. The number of nitrogens with one attached hydrogen (secondary N) is 2. The molecule has 0 saturated heterocycles. The van der Waals surface area contributed by atoms with Crippen molar-refractivity contribution in [1.29, 1.82) is 0 Å². The van der Waals surface area contributed by atoms with Gasteiger partial charge in [0, 0.05) is 5.69 Å². The molecule has 0 aliphatic carbocycles. The Kier molecular flexibility index (Phi) is 3.22. The van der Waals surface area contributed by atoms with Gasteiger partial charge in [-0.05, 0) is 29.2 Å². The highest BCUT2D eigenvalue weighted by atomic mass is 32.2. The van der Waals surface area contributed by atoms with E-state index in [-0.39, 0.29) is 4.90 Å². The molecule has 1 aromatic rings. The van der Waals surface area contributed by atoms with Crippen molar-refractivity contribution in [1.82, 2.24) is 4.94 Å². The van der Waals surface area contributed by atoms with E-state index >= 15 is 0 Å². The minimum Gasteiger partial charge on any atom is -0.351 e. The molecule has 2 amide bonds. The molecule has 0 unspecified atom stereocenters. The molecule has 0 aliphatic rings. The van der Waals surface area contributed by atoms with Gasteiger partial charge in [-0.2, -0.15) is 0 Å². The van der Waals surface area contributed by atoms with E-state index in [0.717, 1.165) is 12.1 Å².